The monoisotopic (exact) mass is 716 g/mol. The minimum Gasteiger partial charge on any atom is -0.465 e. The Morgan fingerprint density at radius 1 is 0.812 bits per heavy atom. The summed E-state index contributed by atoms with van der Waals surface area (Å²) in [6.45, 7) is 18.0. The van der Waals surface area contributed by atoms with Crippen molar-refractivity contribution in [3.05, 3.63) is 0 Å². The van der Waals surface area contributed by atoms with Gasteiger partial charge in [-0.15, -0.1) is 0 Å². The lowest BCUT2D eigenvalue weighted by Crippen LogP contribution is -2.42. The van der Waals surface area contributed by atoms with Crippen LogP contribution in [0.15, 0.2) is 0 Å². The lowest BCUT2D eigenvalue weighted by Gasteiger charge is -2.24. The fourth-order valence-electron chi connectivity index (χ4n) is 2.76. The van der Waals surface area contributed by atoms with Crippen molar-refractivity contribution in [3.8, 4) is 6.19 Å². The predicted molar refractivity (Wildman–Crippen MR) is 208 cm³/mol. The zero-order chi connectivity index (χ0) is 33.4. The number of nitrogens with zero attached hydrogens (tertiary/aromatic N) is 3. The van der Waals surface area contributed by atoms with E-state index in [2.05, 4.69) is 13.8 Å². The number of carbonyl (C=O) groups excluding carboxylic acids is 3. The van der Waals surface area contributed by atoms with E-state index in [0.29, 0.717) is 38.6 Å². The predicted octanol–water partition coefficient (Wildman–Crippen LogP) is 9.08. The van der Waals surface area contributed by atoms with Gasteiger partial charge in [0.25, 0.3) is 0 Å². The maximum absolute atomic E-state index is 11.7. The Morgan fingerprint density at radius 3 is 1.44 bits per heavy atom. The van der Waals surface area contributed by atoms with E-state index in [1.165, 1.54) is 11.3 Å². The largest absolute Gasteiger partial charge is 0.500 e. The maximum atomic E-state index is 11.7. The number of likely N-dealkylation sites (N-methyl/N-ethyl adjacent to an activating group) is 1. The Bertz CT molecular complexity index is 775. The van der Waals surface area contributed by atoms with E-state index < -0.39 is 14.2 Å². The average molecular weight is 716 g/mol. The van der Waals surface area contributed by atoms with Crippen LogP contribution in [0.3, 0.4) is 0 Å². The number of hydrogen-bond donors (Lipinski definition) is 0. The highest BCUT2D eigenvalue weighted by atomic mass is 28.4. The van der Waals surface area contributed by atoms with Crippen LogP contribution in [0.2, 0.25) is 6.04 Å². The first kappa shape index (κ1) is 68.0. The molecule has 0 aliphatic carbocycles. The van der Waals surface area contributed by atoms with Gasteiger partial charge in [0.15, 0.2) is 6.19 Å². The molecule has 0 radical (unpaired) electrons. The number of likely N-dealkylation sites (tertiary alicyclic amines) is 1. The number of rotatable bonds is 14. The molecule has 0 unspecified atom stereocenters. The Morgan fingerprint density at radius 2 is 1.19 bits per heavy atom. The molecule has 11 nitrogen and oxygen atoms in total. The van der Waals surface area contributed by atoms with E-state index in [0.717, 1.165) is 25.8 Å². The quantitative estimate of drug-likeness (QED) is 0.0744. The van der Waals surface area contributed by atoms with Crippen molar-refractivity contribution in [1.29, 1.82) is 5.26 Å². The molecule has 1 amide bonds. The van der Waals surface area contributed by atoms with Gasteiger partial charge in [0.2, 0.25) is 5.91 Å². The third-order valence-corrected chi connectivity index (χ3v) is 9.46. The number of carbonyl (C=O) groups is 3. The minimum atomic E-state index is -2.53. The van der Waals surface area contributed by atoms with Crippen LogP contribution in [-0.4, -0.2) is 98.2 Å². The molecule has 0 spiro atoms. The van der Waals surface area contributed by atoms with Crippen molar-refractivity contribution in [1.82, 2.24) is 9.80 Å². The van der Waals surface area contributed by atoms with Gasteiger partial charge in [0, 0.05) is 46.9 Å². The van der Waals surface area contributed by atoms with Gasteiger partial charge in [0.1, 0.15) is 6.61 Å². The standard InChI is InChI=1S/C12H26O5Si.C10H21NO2.C5H6N2O.C3H8.6CH4/c1-7-12(2,3)11(13)17-9-8-10-18(14-4,15-5)16-6;1-6-10(2,3)9(12)13-8-7-11(4)5;6-4-7-3-1-2-5(7)8;1-3-2;;;;;;/h7-10H2,1-6H3;6-8H2,1-5H3;1-3H2;3H2,1-2H3;6*1H4. The fraction of sp³-hybridized carbons (Fsp3) is 0.889. The number of esters is 2. The molecule has 1 heterocycles. The minimum absolute atomic E-state index is 0. The molecule has 12 heteroatoms. The summed E-state index contributed by atoms with van der Waals surface area (Å²) in [5.74, 6) is -0.297. The zero-order valence-electron chi connectivity index (χ0n) is 28.9. The van der Waals surface area contributed by atoms with E-state index in [9.17, 15) is 14.4 Å². The molecule has 0 bridgehead atoms. The number of nitriles is 1. The van der Waals surface area contributed by atoms with Crippen molar-refractivity contribution in [2.75, 3.05) is 61.7 Å². The molecule has 0 N–H and O–H groups in total. The third-order valence-electron chi connectivity index (χ3n) is 6.63. The van der Waals surface area contributed by atoms with Crippen molar-refractivity contribution < 1.29 is 37.1 Å². The van der Waals surface area contributed by atoms with E-state index >= 15 is 0 Å². The van der Waals surface area contributed by atoms with E-state index in [-0.39, 0.29) is 67.8 Å². The normalized spacial score (nSPS) is 11.4. The highest BCUT2D eigenvalue weighted by Gasteiger charge is 2.37. The molecule has 296 valence electrons. The lowest BCUT2D eigenvalue weighted by molar-refractivity contribution is -0.155. The highest BCUT2D eigenvalue weighted by Crippen LogP contribution is 2.22. The second-order valence-electron chi connectivity index (χ2n) is 11.4. The zero-order valence-corrected chi connectivity index (χ0v) is 29.9. The second kappa shape index (κ2) is 37.8. The first-order valence-electron chi connectivity index (χ1n) is 14.9. The van der Waals surface area contributed by atoms with Crippen LogP contribution >= 0.6 is 0 Å². The summed E-state index contributed by atoms with van der Waals surface area (Å²) in [7, 11) is 6.10. The summed E-state index contributed by atoms with van der Waals surface area (Å²) in [4.78, 5) is 36.9. The molecule has 48 heavy (non-hydrogen) atoms. The van der Waals surface area contributed by atoms with Gasteiger partial charge in [0.05, 0.1) is 17.4 Å². The lowest BCUT2D eigenvalue weighted by atomic mass is 9.91. The number of ether oxygens (including phenoxy) is 2. The Kier molecular flexibility index (Phi) is 53.5. The first-order chi connectivity index (χ1) is 19.5. The summed E-state index contributed by atoms with van der Waals surface area (Å²) in [6, 6.07) is 0.635. The fourth-order valence-corrected chi connectivity index (χ4v) is 4.45. The second-order valence-corrected chi connectivity index (χ2v) is 14.5. The number of hydrogen-bond acceptors (Lipinski definition) is 10. The molecule has 1 rings (SSSR count). The molecular formula is C36H85N3O8Si. The molecule has 0 saturated carbocycles. The summed E-state index contributed by atoms with van der Waals surface area (Å²) < 4.78 is 26.2. The van der Waals surface area contributed by atoms with Gasteiger partial charge in [-0.3, -0.25) is 14.4 Å². The summed E-state index contributed by atoms with van der Waals surface area (Å²) in [5.41, 5.74) is -0.759. The van der Waals surface area contributed by atoms with E-state index in [4.69, 9.17) is 28.0 Å². The summed E-state index contributed by atoms with van der Waals surface area (Å²) >= 11 is 0. The van der Waals surface area contributed by atoms with Gasteiger partial charge in [-0.1, -0.05) is 78.7 Å². The van der Waals surface area contributed by atoms with Gasteiger partial charge < -0.3 is 27.7 Å². The van der Waals surface area contributed by atoms with Crippen LogP contribution in [-0.2, 0) is 37.1 Å². The molecule has 0 atom stereocenters. The summed E-state index contributed by atoms with van der Waals surface area (Å²) in [6.07, 6.45) is 6.69. The Hall–Kier alpha value is -2.04. The van der Waals surface area contributed by atoms with Crippen molar-refractivity contribution in [2.24, 2.45) is 10.8 Å². The van der Waals surface area contributed by atoms with E-state index in [1.54, 1.807) is 27.5 Å². The van der Waals surface area contributed by atoms with Gasteiger partial charge in [-0.25, -0.2) is 4.90 Å². The highest BCUT2D eigenvalue weighted by molar-refractivity contribution is 6.60. The van der Waals surface area contributed by atoms with Gasteiger partial charge in [-0.2, -0.15) is 5.26 Å². The van der Waals surface area contributed by atoms with E-state index in [1.807, 2.05) is 60.5 Å². The molecule has 0 aromatic heterocycles. The van der Waals surface area contributed by atoms with Gasteiger partial charge >= 0.3 is 20.7 Å². The van der Waals surface area contributed by atoms with Crippen LogP contribution in [0.25, 0.3) is 0 Å². The van der Waals surface area contributed by atoms with Crippen molar-refractivity contribution in [2.45, 2.75) is 145 Å². The molecule has 1 aliphatic rings. The third kappa shape index (κ3) is 31.2. The Labute approximate surface area is 301 Å². The SMILES string of the molecule is C.C.C.C.C.C.CCC.CCC(C)(C)C(=O)OCCC[Si](OC)(OC)OC.CCC(C)(C)C(=O)OCCN(C)C.N#CN1CCCC1=O. The average Bonchev–Trinajstić information content (AvgIpc) is 3.38. The molecule has 1 fully saturated rings. The van der Waals surface area contributed by atoms with Crippen molar-refractivity contribution >= 4 is 26.7 Å². The van der Waals surface area contributed by atoms with Crippen LogP contribution in [0, 0.1) is 22.3 Å². The molecule has 0 aromatic rings. The smallest absolute Gasteiger partial charge is 0.465 e. The molecule has 0 aromatic carbocycles. The maximum Gasteiger partial charge on any atom is 0.500 e. The van der Waals surface area contributed by atoms with Crippen LogP contribution in [0.1, 0.15) is 138 Å². The Balaban J connectivity index is -0.0000000643. The summed E-state index contributed by atoms with van der Waals surface area (Å²) in [5, 5.41) is 8.19. The van der Waals surface area contributed by atoms with Crippen LogP contribution in [0.5, 0.6) is 0 Å². The molecular weight excluding hydrogens is 630 g/mol. The van der Waals surface area contributed by atoms with Crippen LogP contribution in [0.4, 0.5) is 0 Å². The topological polar surface area (TPSA) is 128 Å². The molecule has 1 aliphatic heterocycles. The van der Waals surface area contributed by atoms with Gasteiger partial charge in [-0.05, 0) is 67.5 Å². The number of amides is 1. The van der Waals surface area contributed by atoms with Crippen LogP contribution < -0.4 is 0 Å². The first-order valence-corrected chi connectivity index (χ1v) is 16.8. The van der Waals surface area contributed by atoms with Crippen molar-refractivity contribution in [3.63, 3.8) is 0 Å². The molecule has 1 saturated heterocycles.